The molecule has 0 aliphatic carbocycles. The number of ether oxygens (including phenoxy) is 1. The molecule has 112 valence electrons. The molecule has 0 saturated carbocycles. The lowest BCUT2D eigenvalue weighted by atomic mass is 10.0. The van der Waals surface area contributed by atoms with Gasteiger partial charge in [0.25, 0.3) is 0 Å². The fourth-order valence-electron chi connectivity index (χ4n) is 1.87. The summed E-state index contributed by atoms with van der Waals surface area (Å²) in [7, 11) is 0. The first kappa shape index (κ1) is 17.6. The average Bonchev–Trinajstić information content (AvgIpc) is 2.48. The van der Waals surface area contributed by atoms with Crippen molar-refractivity contribution in [3.63, 3.8) is 0 Å². The summed E-state index contributed by atoms with van der Waals surface area (Å²) in [5, 5.41) is 0.777. The van der Waals surface area contributed by atoms with Crippen molar-refractivity contribution in [3.05, 3.63) is 60.6 Å². The van der Waals surface area contributed by atoms with E-state index in [1.807, 2.05) is 18.2 Å². The molecule has 2 aromatic carbocycles. The first-order valence-electron chi connectivity index (χ1n) is 6.54. The zero-order valence-corrected chi connectivity index (χ0v) is 17.5. The van der Waals surface area contributed by atoms with E-state index in [0.29, 0.717) is 0 Å². The summed E-state index contributed by atoms with van der Waals surface area (Å²) in [6.45, 7) is 2.82. The Morgan fingerprint density at radius 2 is 1.86 bits per heavy atom. The van der Waals surface area contributed by atoms with Gasteiger partial charge in [-0.2, -0.15) is 0 Å². The molecule has 0 aliphatic heterocycles. The van der Waals surface area contributed by atoms with Crippen LogP contribution in [0.2, 0.25) is 5.02 Å². The van der Waals surface area contributed by atoms with E-state index in [1.54, 1.807) is 0 Å². The quantitative estimate of drug-likeness (QED) is 0.292. The van der Waals surface area contributed by atoms with Crippen molar-refractivity contribution in [1.82, 2.24) is 0 Å². The third kappa shape index (κ3) is 4.60. The highest BCUT2D eigenvalue weighted by Crippen LogP contribution is 2.36. The molecule has 0 N–H and O–H groups in total. The molecule has 5 heteroatoms. The Morgan fingerprint density at radius 3 is 2.48 bits per heavy atom. The molecule has 0 saturated heterocycles. The number of rotatable bonds is 5. The van der Waals surface area contributed by atoms with E-state index in [1.165, 1.54) is 0 Å². The van der Waals surface area contributed by atoms with Crippen LogP contribution in [0.25, 0.3) is 0 Å². The van der Waals surface area contributed by atoms with Gasteiger partial charge in [0, 0.05) is 3.57 Å². The van der Waals surface area contributed by atoms with Gasteiger partial charge in [0.15, 0.2) is 0 Å². The van der Waals surface area contributed by atoms with Gasteiger partial charge in [-0.15, -0.1) is 0 Å². The largest absolute Gasteiger partial charge is 0.492 e. The summed E-state index contributed by atoms with van der Waals surface area (Å²) in [5.41, 5.74) is 2.29. The van der Waals surface area contributed by atoms with E-state index in [0.717, 1.165) is 43.0 Å². The second-order valence-corrected chi connectivity index (χ2v) is 7.91. The Bertz CT molecular complexity index is 634. The smallest absolute Gasteiger partial charge is 0.133 e. The molecule has 0 amide bonds. The van der Waals surface area contributed by atoms with Gasteiger partial charge in [-0.25, -0.2) is 0 Å². The minimum absolute atomic E-state index is 0.100. The standard InChI is InChI=1S/C16H14Br2ClIO/c1-2-7-21-15-6-4-10(8-12(15)17)16(18)11-3-5-14(20)13(19)9-11/h3-6,8-9,16H,2,7H2,1H3. The zero-order valence-electron chi connectivity index (χ0n) is 11.4. The lowest BCUT2D eigenvalue weighted by Crippen LogP contribution is -1.98. The molecule has 0 radical (unpaired) electrons. The van der Waals surface area contributed by atoms with Gasteiger partial charge in [0.2, 0.25) is 0 Å². The maximum atomic E-state index is 6.20. The Morgan fingerprint density at radius 1 is 1.19 bits per heavy atom. The van der Waals surface area contributed by atoms with Gasteiger partial charge in [-0.3, -0.25) is 0 Å². The Hall–Kier alpha value is 0.220. The van der Waals surface area contributed by atoms with Gasteiger partial charge in [-0.1, -0.05) is 46.6 Å². The van der Waals surface area contributed by atoms with Crippen molar-refractivity contribution in [2.24, 2.45) is 0 Å². The molecule has 0 spiro atoms. The first-order valence-corrected chi connectivity index (χ1v) is 9.70. The third-order valence-corrected chi connectivity index (χ3v) is 6.20. The van der Waals surface area contributed by atoms with Crippen molar-refractivity contribution < 1.29 is 4.74 Å². The predicted octanol–water partition coefficient (Wildman–Crippen LogP) is 6.98. The molecule has 0 aromatic heterocycles. The monoisotopic (exact) mass is 542 g/mol. The second-order valence-electron chi connectivity index (χ2n) is 4.57. The lowest BCUT2D eigenvalue weighted by molar-refractivity contribution is 0.315. The van der Waals surface area contributed by atoms with Crippen LogP contribution in [0.1, 0.15) is 29.3 Å². The summed E-state index contributed by atoms with van der Waals surface area (Å²) in [6.07, 6.45) is 0.996. The van der Waals surface area contributed by atoms with Crippen molar-refractivity contribution in [1.29, 1.82) is 0 Å². The number of alkyl halides is 1. The number of hydrogen-bond acceptors (Lipinski definition) is 1. The number of benzene rings is 2. The fourth-order valence-corrected chi connectivity index (χ4v) is 3.47. The first-order chi connectivity index (χ1) is 10.0. The zero-order chi connectivity index (χ0) is 15.4. The number of halogens is 4. The summed E-state index contributed by atoms with van der Waals surface area (Å²) in [6, 6.07) is 12.3. The molecule has 2 rings (SSSR count). The molecule has 21 heavy (non-hydrogen) atoms. The summed E-state index contributed by atoms with van der Waals surface area (Å²) < 4.78 is 7.70. The van der Waals surface area contributed by atoms with Crippen LogP contribution in [0.5, 0.6) is 5.75 Å². The van der Waals surface area contributed by atoms with Gasteiger partial charge in [-0.05, 0) is 80.3 Å². The van der Waals surface area contributed by atoms with Crippen LogP contribution in [0.3, 0.4) is 0 Å². The van der Waals surface area contributed by atoms with Gasteiger partial charge < -0.3 is 4.74 Å². The van der Waals surface area contributed by atoms with Crippen LogP contribution in [-0.2, 0) is 0 Å². The minimum atomic E-state index is 0.100. The number of hydrogen-bond donors (Lipinski definition) is 0. The molecule has 0 aliphatic rings. The molecular weight excluding hydrogens is 530 g/mol. The van der Waals surface area contributed by atoms with Crippen LogP contribution in [0, 0.1) is 3.57 Å². The van der Waals surface area contributed by atoms with E-state index in [4.69, 9.17) is 16.3 Å². The summed E-state index contributed by atoms with van der Waals surface area (Å²) >= 11 is 15.7. The highest BCUT2D eigenvalue weighted by molar-refractivity contribution is 14.1. The van der Waals surface area contributed by atoms with Gasteiger partial charge >= 0.3 is 0 Å². The van der Waals surface area contributed by atoms with Crippen LogP contribution >= 0.6 is 66.1 Å². The minimum Gasteiger partial charge on any atom is -0.492 e. The maximum absolute atomic E-state index is 6.20. The lowest BCUT2D eigenvalue weighted by Gasteiger charge is -2.14. The van der Waals surface area contributed by atoms with Crippen molar-refractivity contribution in [3.8, 4) is 5.75 Å². The van der Waals surface area contributed by atoms with Crippen LogP contribution in [0.15, 0.2) is 40.9 Å². The SMILES string of the molecule is CCCOc1ccc(C(Br)c2ccc(I)c(Cl)c2)cc1Br. The third-order valence-electron chi connectivity index (χ3n) is 2.95. The summed E-state index contributed by atoms with van der Waals surface area (Å²) in [4.78, 5) is 0.100. The van der Waals surface area contributed by atoms with Crippen molar-refractivity contribution >= 4 is 66.1 Å². The highest BCUT2D eigenvalue weighted by atomic mass is 127. The molecule has 1 nitrogen and oxygen atoms in total. The fraction of sp³-hybridized carbons (Fsp3) is 0.250. The van der Waals surface area contributed by atoms with Crippen molar-refractivity contribution in [2.75, 3.05) is 6.61 Å². The molecule has 2 aromatic rings. The topological polar surface area (TPSA) is 9.23 Å². The molecule has 1 atom stereocenters. The van der Waals surface area contributed by atoms with E-state index in [9.17, 15) is 0 Å². The molecule has 1 unspecified atom stereocenters. The average molecular weight is 544 g/mol. The van der Waals surface area contributed by atoms with E-state index < -0.39 is 0 Å². The van der Waals surface area contributed by atoms with Gasteiger partial charge in [0.1, 0.15) is 5.75 Å². The Kier molecular flexibility index (Phi) is 6.84. The van der Waals surface area contributed by atoms with E-state index in [-0.39, 0.29) is 4.83 Å². The van der Waals surface area contributed by atoms with Crippen LogP contribution in [-0.4, -0.2) is 6.61 Å². The summed E-state index contributed by atoms with van der Waals surface area (Å²) in [5.74, 6) is 0.876. The highest BCUT2D eigenvalue weighted by Gasteiger charge is 2.13. The van der Waals surface area contributed by atoms with E-state index >= 15 is 0 Å². The molecule has 0 heterocycles. The Labute approximate surface area is 160 Å². The van der Waals surface area contributed by atoms with E-state index in [2.05, 4.69) is 79.6 Å². The molecule has 0 fully saturated rings. The maximum Gasteiger partial charge on any atom is 0.133 e. The molecule has 0 bridgehead atoms. The predicted molar refractivity (Wildman–Crippen MR) is 105 cm³/mol. The van der Waals surface area contributed by atoms with Gasteiger partial charge in [0.05, 0.1) is 20.9 Å². The second kappa shape index (κ2) is 8.18. The van der Waals surface area contributed by atoms with Crippen LogP contribution in [0.4, 0.5) is 0 Å². The Balaban J connectivity index is 2.24. The normalized spacial score (nSPS) is 12.2. The molecular formula is C16H14Br2ClIO. The van der Waals surface area contributed by atoms with Crippen LogP contribution < -0.4 is 4.74 Å². The van der Waals surface area contributed by atoms with Crippen molar-refractivity contribution in [2.45, 2.75) is 18.2 Å².